The first-order valence-electron chi connectivity index (χ1n) is 6.36. The lowest BCUT2D eigenvalue weighted by molar-refractivity contribution is 0.0687. The summed E-state index contributed by atoms with van der Waals surface area (Å²) in [6.07, 6.45) is 3.25. The lowest BCUT2D eigenvalue weighted by Gasteiger charge is -2.24. The Bertz CT molecular complexity index is 726. The first-order valence-corrected chi connectivity index (χ1v) is 6.36. The van der Waals surface area contributed by atoms with Gasteiger partial charge in [0.1, 0.15) is 0 Å². The highest BCUT2D eigenvalue weighted by Crippen LogP contribution is 2.20. The zero-order valence-corrected chi connectivity index (χ0v) is 10.7. The number of nitrogens with one attached hydrogen (secondary N) is 1. The van der Waals surface area contributed by atoms with Crippen molar-refractivity contribution in [1.82, 2.24) is 14.8 Å². The average Bonchev–Trinajstić information content (AvgIpc) is 2.44. The minimum absolute atomic E-state index is 0.0881. The molecule has 0 unspecified atom stereocenters. The number of aromatic amines is 1. The molecular formula is C13H15N3O3. The quantitative estimate of drug-likeness (QED) is 0.821. The monoisotopic (exact) mass is 261 g/mol. The van der Waals surface area contributed by atoms with Crippen LogP contribution in [0.2, 0.25) is 0 Å². The molecular weight excluding hydrogens is 246 g/mol. The molecule has 1 saturated heterocycles. The SMILES string of the molecule is Cc1n[nH]c(=O)c2cn(C3CCOCC3)c(=O)cc12. The number of aromatic nitrogens is 3. The Morgan fingerprint density at radius 3 is 2.79 bits per heavy atom. The molecule has 1 fully saturated rings. The van der Waals surface area contributed by atoms with Crippen molar-refractivity contribution in [3.05, 3.63) is 38.7 Å². The second-order valence-corrected chi connectivity index (χ2v) is 4.83. The van der Waals surface area contributed by atoms with Crippen molar-refractivity contribution in [2.45, 2.75) is 25.8 Å². The lowest BCUT2D eigenvalue weighted by Crippen LogP contribution is -2.29. The minimum atomic E-state index is -0.263. The normalized spacial score (nSPS) is 16.9. The molecule has 0 saturated carbocycles. The summed E-state index contributed by atoms with van der Waals surface area (Å²) in [6, 6.07) is 1.61. The van der Waals surface area contributed by atoms with E-state index in [0.29, 0.717) is 29.7 Å². The Labute approximate surface area is 109 Å². The average molecular weight is 261 g/mol. The van der Waals surface area contributed by atoms with E-state index in [0.717, 1.165) is 12.8 Å². The minimum Gasteiger partial charge on any atom is -0.381 e. The predicted octanol–water partition coefficient (Wildman–Crippen LogP) is 0.745. The third-order valence-corrected chi connectivity index (χ3v) is 3.62. The van der Waals surface area contributed by atoms with Crippen LogP contribution in [0.15, 0.2) is 21.9 Å². The van der Waals surface area contributed by atoms with Crippen LogP contribution >= 0.6 is 0 Å². The van der Waals surface area contributed by atoms with Crippen molar-refractivity contribution in [2.24, 2.45) is 0 Å². The third kappa shape index (κ3) is 2.08. The van der Waals surface area contributed by atoms with Gasteiger partial charge in [0.05, 0.1) is 11.1 Å². The maximum absolute atomic E-state index is 12.2. The highest BCUT2D eigenvalue weighted by Gasteiger charge is 2.18. The molecule has 0 radical (unpaired) electrons. The highest BCUT2D eigenvalue weighted by molar-refractivity contribution is 5.82. The second-order valence-electron chi connectivity index (χ2n) is 4.83. The van der Waals surface area contributed by atoms with Gasteiger partial charge in [-0.05, 0) is 19.8 Å². The van der Waals surface area contributed by atoms with Crippen LogP contribution in [0, 0.1) is 6.92 Å². The van der Waals surface area contributed by atoms with E-state index in [4.69, 9.17) is 4.74 Å². The Hall–Kier alpha value is -1.95. The lowest BCUT2D eigenvalue weighted by atomic mass is 10.1. The molecule has 6 heteroatoms. The summed E-state index contributed by atoms with van der Waals surface area (Å²) in [7, 11) is 0. The summed E-state index contributed by atoms with van der Waals surface area (Å²) in [4.78, 5) is 24.0. The number of hydrogen-bond donors (Lipinski definition) is 1. The van der Waals surface area contributed by atoms with E-state index in [-0.39, 0.29) is 17.2 Å². The molecule has 6 nitrogen and oxygen atoms in total. The number of hydrogen-bond acceptors (Lipinski definition) is 4. The number of aryl methyl sites for hydroxylation is 1. The van der Waals surface area contributed by atoms with Crippen LogP contribution in [0.25, 0.3) is 10.8 Å². The van der Waals surface area contributed by atoms with Gasteiger partial charge in [0.25, 0.3) is 11.1 Å². The molecule has 0 bridgehead atoms. The maximum Gasteiger partial charge on any atom is 0.273 e. The van der Waals surface area contributed by atoms with Gasteiger partial charge in [0, 0.05) is 36.9 Å². The van der Waals surface area contributed by atoms with Crippen molar-refractivity contribution in [1.29, 1.82) is 0 Å². The van der Waals surface area contributed by atoms with Crippen LogP contribution in [-0.4, -0.2) is 28.0 Å². The Balaban J connectivity index is 2.21. The Morgan fingerprint density at radius 2 is 2.05 bits per heavy atom. The molecule has 0 atom stereocenters. The fourth-order valence-corrected chi connectivity index (χ4v) is 2.53. The molecule has 1 aliphatic rings. The number of pyridine rings is 1. The number of nitrogens with zero attached hydrogens (tertiary/aromatic N) is 2. The summed E-state index contributed by atoms with van der Waals surface area (Å²) in [5.41, 5.74) is 0.308. The molecule has 100 valence electrons. The van der Waals surface area contributed by atoms with E-state index in [1.54, 1.807) is 17.7 Å². The molecule has 3 heterocycles. The van der Waals surface area contributed by atoms with Crippen molar-refractivity contribution in [3.8, 4) is 0 Å². The first-order chi connectivity index (χ1) is 9.16. The van der Waals surface area contributed by atoms with Gasteiger partial charge in [-0.1, -0.05) is 0 Å². The fourth-order valence-electron chi connectivity index (χ4n) is 2.53. The van der Waals surface area contributed by atoms with Gasteiger partial charge < -0.3 is 9.30 Å². The molecule has 0 aliphatic carbocycles. The number of fused-ring (bicyclic) bond motifs is 1. The van der Waals surface area contributed by atoms with Gasteiger partial charge >= 0.3 is 0 Å². The van der Waals surface area contributed by atoms with Crippen LogP contribution in [0.4, 0.5) is 0 Å². The van der Waals surface area contributed by atoms with Crippen LogP contribution in [0.1, 0.15) is 24.6 Å². The molecule has 19 heavy (non-hydrogen) atoms. The van der Waals surface area contributed by atoms with E-state index in [1.807, 2.05) is 0 Å². The largest absolute Gasteiger partial charge is 0.381 e. The van der Waals surface area contributed by atoms with Crippen LogP contribution < -0.4 is 11.1 Å². The summed E-state index contributed by atoms with van der Waals surface area (Å²) in [5.74, 6) is 0. The van der Waals surface area contributed by atoms with Crippen molar-refractivity contribution >= 4 is 10.8 Å². The van der Waals surface area contributed by atoms with Gasteiger partial charge in [-0.2, -0.15) is 5.10 Å². The fraction of sp³-hybridized carbons (Fsp3) is 0.462. The molecule has 2 aromatic heterocycles. The standard InChI is InChI=1S/C13H15N3O3/c1-8-10-6-12(17)16(9-2-4-19-5-3-9)7-11(10)13(18)15-14-8/h6-7,9H,2-5H2,1H3,(H,15,18). The Morgan fingerprint density at radius 1 is 1.32 bits per heavy atom. The number of ether oxygens (including phenoxy) is 1. The van der Waals surface area contributed by atoms with Crippen molar-refractivity contribution in [3.63, 3.8) is 0 Å². The molecule has 1 N–H and O–H groups in total. The van der Waals surface area contributed by atoms with E-state index in [9.17, 15) is 9.59 Å². The zero-order chi connectivity index (χ0) is 13.4. The van der Waals surface area contributed by atoms with Gasteiger partial charge in [-0.25, -0.2) is 5.10 Å². The van der Waals surface area contributed by atoms with Crippen LogP contribution in [-0.2, 0) is 4.74 Å². The summed E-state index contributed by atoms with van der Waals surface area (Å²) < 4.78 is 6.95. The van der Waals surface area contributed by atoms with E-state index < -0.39 is 0 Å². The van der Waals surface area contributed by atoms with Gasteiger partial charge in [-0.3, -0.25) is 9.59 Å². The Kier molecular flexibility index (Phi) is 2.94. The van der Waals surface area contributed by atoms with Gasteiger partial charge in [0.2, 0.25) is 0 Å². The summed E-state index contributed by atoms with van der Waals surface area (Å²) in [6.45, 7) is 3.08. The topological polar surface area (TPSA) is 77.0 Å². The number of H-pyrrole nitrogens is 1. The molecule has 0 spiro atoms. The van der Waals surface area contributed by atoms with Gasteiger partial charge in [-0.15, -0.1) is 0 Å². The second kappa shape index (κ2) is 4.62. The predicted molar refractivity (Wildman–Crippen MR) is 70.5 cm³/mol. The van der Waals surface area contributed by atoms with Crippen molar-refractivity contribution < 1.29 is 4.74 Å². The van der Waals surface area contributed by atoms with Crippen LogP contribution in [0.3, 0.4) is 0 Å². The third-order valence-electron chi connectivity index (χ3n) is 3.62. The zero-order valence-electron chi connectivity index (χ0n) is 10.7. The summed E-state index contributed by atoms with van der Waals surface area (Å²) in [5, 5.41) is 7.47. The molecule has 3 rings (SSSR count). The molecule has 0 amide bonds. The van der Waals surface area contributed by atoms with Crippen LogP contribution in [0.5, 0.6) is 0 Å². The van der Waals surface area contributed by atoms with Crippen molar-refractivity contribution in [2.75, 3.05) is 13.2 Å². The van der Waals surface area contributed by atoms with E-state index >= 15 is 0 Å². The summed E-state index contributed by atoms with van der Waals surface area (Å²) >= 11 is 0. The maximum atomic E-state index is 12.2. The molecule has 0 aromatic carbocycles. The first kappa shape index (κ1) is 12.1. The van der Waals surface area contributed by atoms with Gasteiger partial charge in [0.15, 0.2) is 0 Å². The number of rotatable bonds is 1. The smallest absolute Gasteiger partial charge is 0.273 e. The molecule has 1 aliphatic heterocycles. The van der Waals surface area contributed by atoms with E-state index in [2.05, 4.69) is 10.2 Å². The van der Waals surface area contributed by atoms with E-state index in [1.165, 1.54) is 6.07 Å². The highest BCUT2D eigenvalue weighted by atomic mass is 16.5. The molecule has 2 aromatic rings.